The van der Waals surface area contributed by atoms with Crippen molar-refractivity contribution in [2.75, 3.05) is 0 Å². The van der Waals surface area contributed by atoms with E-state index in [4.69, 9.17) is 0 Å². The zero-order valence-electron chi connectivity index (χ0n) is 11.0. The number of phenols is 1. The van der Waals surface area contributed by atoms with Gasteiger partial charge in [0.1, 0.15) is 5.75 Å². The molecule has 1 heterocycles. The van der Waals surface area contributed by atoms with Crippen molar-refractivity contribution in [3.8, 4) is 5.75 Å². The van der Waals surface area contributed by atoms with E-state index >= 15 is 0 Å². The van der Waals surface area contributed by atoms with E-state index in [-0.39, 0.29) is 11.5 Å². The Labute approximate surface area is 116 Å². The molecule has 0 aliphatic heterocycles. The van der Waals surface area contributed by atoms with Crippen LogP contribution in [0.25, 0.3) is 10.1 Å². The SMILES string of the molecule is CC12CCc3c(sc4cc(O)ccc34)[C@@H]1CC[C@@H]2O. The molecule has 1 fully saturated rings. The first-order valence-electron chi connectivity index (χ1n) is 7.02. The maximum atomic E-state index is 10.3. The Kier molecular flexibility index (Phi) is 2.31. The number of thiophene rings is 1. The topological polar surface area (TPSA) is 40.5 Å². The average molecular weight is 274 g/mol. The zero-order chi connectivity index (χ0) is 13.2. The molecule has 2 nitrogen and oxygen atoms in total. The third kappa shape index (κ3) is 1.46. The van der Waals surface area contributed by atoms with Gasteiger partial charge in [0.05, 0.1) is 6.10 Å². The summed E-state index contributed by atoms with van der Waals surface area (Å²) in [6.07, 6.45) is 4.02. The molecule has 0 bridgehead atoms. The fourth-order valence-electron chi connectivity index (χ4n) is 4.08. The van der Waals surface area contributed by atoms with Gasteiger partial charge in [-0.05, 0) is 54.8 Å². The van der Waals surface area contributed by atoms with Gasteiger partial charge in [0.15, 0.2) is 0 Å². The van der Waals surface area contributed by atoms with Crippen LogP contribution in [0.2, 0.25) is 0 Å². The second-order valence-electron chi connectivity index (χ2n) is 6.28. The molecule has 100 valence electrons. The molecule has 0 amide bonds. The van der Waals surface area contributed by atoms with Crippen molar-refractivity contribution in [2.45, 2.75) is 44.6 Å². The maximum Gasteiger partial charge on any atom is 0.117 e. The summed E-state index contributed by atoms with van der Waals surface area (Å²) in [7, 11) is 0. The van der Waals surface area contributed by atoms with E-state index in [1.807, 2.05) is 23.5 Å². The minimum Gasteiger partial charge on any atom is -0.508 e. The average Bonchev–Trinajstić information content (AvgIpc) is 2.87. The van der Waals surface area contributed by atoms with Crippen LogP contribution in [0.5, 0.6) is 5.75 Å². The molecule has 1 unspecified atom stereocenters. The number of hydrogen-bond acceptors (Lipinski definition) is 3. The van der Waals surface area contributed by atoms with Crippen molar-refractivity contribution >= 4 is 21.4 Å². The largest absolute Gasteiger partial charge is 0.508 e. The molecule has 2 aliphatic rings. The fourth-order valence-corrected chi connectivity index (χ4v) is 5.66. The van der Waals surface area contributed by atoms with Gasteiger partial charge < -0.3 is 10.2 Å². The first kappa shape index (κ1) is 11.7. The van der Waals surface area contributed by atoms with Crippen LogP contribution in [0.3, 0.4) is 0 Å². The van der Waals surface area contributed by atoms with E-state index in [1.165, 1.54) is 20.5 Å². The lowest BCUT2D eigenvalue weighted by atomic mass is 9.69. The van der Waals surface area contributed by atoms with Gasteiger partial charge in [0.2, 0.25) is 0 Å². The van der Waals surface area contributed by atoms with E-state index < -0.39 is 0 Å². The molecule has 4 rings (SSSR count). The predicted octanol–water partition coefficient (Wildman–Crippen LogP) is 3.80. The number of aryl methyl sites for hydroxylation is 1. The number of fused-ring (bicyclic) bond motifs is 5. The number of benzene rings is 1. The van der Waals surface area contributed by atoms with Gasteiger partial charge in [-0.15, -0.1) is 11.3 Å². The predicted molar refractivity (Wildman–Crippen MR) is 77.9 cm³/mol. The van der Waals surface area contributed by atoms with Gasteiger partial charge in [-0.1, -0.05) is 6.92 Å². The highest BCUT2D eigenvalue weighted by molar-refractivity contribution is 7.19. The lowest BCUT2D eigenvalue weighted by Gasteiger charge is -2.38. The second-order valence-corrected chi connectivity index (χ2v) is 7.36. The molecule has 3 heteroatoms. The Hall–Kier alpha value is -1.06. The molecular formula is C16H18O2S. The van der Waals surface area contributed by atoms with Crippen LogP contribution in [0.4, 0.5) is 0 Å². The quantitative estimate of drug-likeness (QED) is 0.767. The fraction of sp³-hybridized carbons (Fsp3) is 0.500. The molecule has 3 atom stereocenters. The Morgan fingerprint density at radius 2 is 2.16 bits per heavy atom. The van der Waals surface area contributed by atoms with Crippen LogP contribution in [0.1, 0.15) is 42.5 Å². The summed E-state index contributed by atoms with van der Waals surface area (Å²) in [4.78, 5) is 1.46. The van der Waals surface area contributed by atoms with Gasteiger partial charge >= 0.3 is 0 Å². The van der Waals surface area contributed by atoms with Crippen LogP contribution in [-0.2, 0) is 6.42 Å². The highest BCUT2D eigenvalue weighted by Crippen LogP contribution is 2.58. The third-order valence-electron chi connectivity index (χ3n) is 5.32. The summed E-state index contributed by atoms with van der Waals surface area (Å²) in [6, 6.07) is 5.71. The molecule has 0 radical (unpaired) electrons. The van der Waals surface area contributed by atoms with Crippen LogP contribution >= 0.6 is 11.3 Å². The first-order chi connectivity index (χ1) is 9.09. The van der Waals surface area contributed by atoms with E-state index in [0.29, 0.717) is 11.7 Å². The van der Waals surface area contributed by atoms with Crippen molar-refractivity contribution in [1.82, 2.24) is 0 Å². The van der Waals surface area contributed by atoms with Gasteiger partial charge in [0, 0.05) is 20.9 Å². The molecule has 2 N–H and O–H groups in total. The smallest absolute Gasteiger partial charge is 0.117 e. The van der Waals surface area contributed by atoms with Crippen LogP contribution < -0.4 is 0 Å². The molecular weight excluding hydrogens is 256 g/mol. The Balaban J connectivity index is 1.93. The number of aliphatic hydroxyl groups is 1. The zero-order valence-corrected chi connectivity index (χ0v) is 11.8. The van der Waals surface area contributed by atoms with E-state index in [0.717, 1.165) is 25.7 Å². The first-order valence-corrected chi connectivity index (χ1v) is 7.83. The summed E-state index contributed by atoms with van der Waals surface area (Å²) in [5.74, 6) is 0.853. The van der Waals surface area contributed by atoms with Gasteiger partial charge in [0.25, 0.3) is 0 Å². The van der Waals surface area contributed by atoms with Crippen molar-refractivity contribution in [2.24, 2.45) is 5.41 Å². The number of aliphatic hydroxyl groups excluding tert-OH is 1. The van der Waals surface area contributed by atoms with E-state index in [1.54, 1.807) is 6.07 Å². The summed E-state index contributed by atoms with van der Waals surface area (Å²) in [5.41, 5.74) is 1.53. The summed E-state index contributed by atoms with van der Waals surface area (Å²) >= 11 is 1.82. The summed E-state index contributed by atoms with van der Waals surface area (Å²) in [6.45, 7) is 2.25. The molecule has 19 heavy (non-hydrogen) atoms. The number of aromatic hydroxyl groups is 1. The Morgan fingerprint density at radius 3 is 3.00 bits per heavy atom. The van der Waals surface area contributed by atoms with Crippen molar-refractivity contribution in [3.63, 3.8) is 0 Å². The summed E-state index contributed by atoms with van der Waals surface area (Å²) < 4.78 is 1.19. The molecule has 1 saturated carbocycles. The monoisotopic (exact) mass is 274 g/mol. The maximum absolute atomic E-state index is 10.3. The molecule has 0 spiro atoms. The van der Waals surface area contributed by atoms with Crippen LogP contribution in [0.15, 0.2) is 18.2 Å². The van der Waals surface area contributed by atoms with E-state index in [9.17, 15) is 10.2 Å². The normalized spacial score (nSPS) is 33.4. The molecule has 2 aromatic rings. The lowest BCUT2D eigenvalue weighted by molar-refractivity contribution is 0.0467. The van der Waals surface area contributed by atoms with Crippen molar-refractivity contribution in [3.05, 3.63) is 28.6 Å². The number of phenolic OH excluding ortho intramolecular Hbond substituents is 1. The Morgan fingerprint density at radius 1 is 1.32 bits per heavy atom. The van der Waals surface area contributed by atoms with Gasteiger partial charge in [-0.3, -0.25) is 0 Å². The second kappa shape index (κ2) is 3.74. The Bertz CT molecular complexity index is 660. The van der Waals surface area contributed by atoms with Crippen LogP contribution in [0, 0.1) is 5.41 Å². The molecule has 1 aromatic carbocycles. The van der Waals surface area contributed by atoms with Gasteiger partial charge in [-0.2, -0.15) is 0 Å². The van der Waals surface area contributed by atoms with Crippen LogP contribution in [-0.4, -0.2) is 16.3 Å². The third-order valence-corrected chi connectivity index (χ3v) is 6.63. The lowest BCUT2D eigenvalue weighted by Crippen LogP contribution is -2.34. The van der Waals surface area contributed by atoms with Crippen molar-refractivity contribution in [1.29, 1.82) is 0 Å². The summed E-state index contributed by atoms with van der Waals surface area (Å²) in [5, 5.41) is 21.2. The molecule has 0 saturated heterocycles. The molecule has 1 aromatic heterocycles. The van der Waals surface area contributed by atoms with Gasteiger partial charge in [-0.25, -0.2) is 0 Å². The van der Waals surface area contributed by atoms with E-state index in [2.05, 4.69) is 6.92 Å². The highest BCUT2D eigenvalue weighted by Gasteiger charge is 2.49. The minimum atomic E-state index is -0.149. The van der Waals surface area contributed by atoms with Crippen molar-refractivity contribution < 1.29 is 10.2 Å². The molecule has 2 aliphatic carbocycles. The standard InChI is InChI=1S/C16H18O2S/c1-16-7-6-11-10-3-2-9(17)8-13(10)19-15(11)12(16)4-5-14(16)18/h2-3,8,12,14,17-18H,4-7H2,1H3/t12-,14-,16?/m0/s1. The number of rotatable bonds is 0. The minimum absolute atomic E-state index is 0.0654. The number of hydrogen-bond donors (Lipinski definition) is 2. The highest BCUT2D eigenvalue weighted by atomic mass is 32.1.